The van der Waals surface area contributed by atoms with E-state index in [4.69, 9.17) is 15.2 Å². The van der Waals surface area contributed by atoms with E-state index >= 15 is 0 Å². The predicted molar refractivity (Wildman–Crippen MR) is 141 cm³/mol. The van der Waals surface area contributed by atoms with Crippen molar-refractivity contribution in [3.8, 4) is 0 Å². The molecule has 5 heteroatoms. The average molecular weight is 538 g/mol. The van der Waals surface area contributed by atoms with Crippen LogP contribution in [0, 0.1) is 0 Å². The maximum atomic E-state index is 6.31. The van der Waals surface area contributed by atoms with E-state index in [0.717, 1.165) is 50.4 Å². The molecule has 0 saturated carbocycles. The topological polar surface area (TPSA) is 44.5 Å². The number of unbranched alkanes of at least 4 members (excludes halogenated alkanes) is 14. The lowest BCUT2D eigenvalue weighted by atomic mass is 10.1. The second-order valence-electron chi connectivity index (χ2n) is 10.5. The number of likely N-dealkylation sites (N-methyl/N-ethyl adjacent to an activating group) is 1. The lowest BCUT2D eigenvalue weighted by molar-refractivity contribution is -0.893. The molecule has 0 aliphatic rings. The summed E-state index contributed by atoms with van der Waals surface area (Å²) in [6, 6.07) is 0. The van der Waals surface area contributed by atoms with Gasteiger partial charge in [0.05, 0.1) is 27.2 Å². The number of halogens is 1. The van der Waals surface area contributed by atoms with Crippen molar-refractivity contribution in [2.24, 2.45) is 5.73 Å². The Hall–Kier alpha value is 0.320. The van der Waals surface area contributed by atoms with Crippen molar-refractivity contribution in [3.05, 3.63) is 0 Å². The maximum absolute atomic E-state index is 6.31. The van der Waals surface area contributed by atoms with E-state index in [1.54, 1.807) is 0 Å². The summed E-state index contributed by atoms with van der Waals surface area (Å²) >= 11 is 0. The Morgan fingerprint density at radius 1 is 0.636 bits per heavy atom. The number of nitrogens with two attached hydrogens (primary N) is 1. The lowest BCUT2D eigenvalue weighted by Crippen LogP contribution is -3.00. The molecular weight excluding hydrogens is 476 g/mol. The first-order valence-electron chi connectivity index (χ1n) is 14.3. The van der Waals surface area contributed by atoms with Crippen LogP contribution in [0.2, 0.25) is 0 Å². The Kier molecular flexibility index (Phi) is 28.9. The standard InChI is InChI=1S/C28H61N2O2.BrH/c1-5-7-9-11-13-15-17-19-24-31-27-28(26-30(3,4)23-21-22-29)32-25-20-18-16-14-12-10-8-6-2;/h28H,5-27,29H2,1-4H3;1H/q+1;/p-1. The van der Waals surface area contributed by atoms with Crippen molar-refractivity contribution < 1.29 is 30.9 Å². The van der Waals surface area contributed by atoms with Gasteiger partial charge in [-0.25, -0.2) is 0 Å². The summed E-state index contributed by atoms with van der Waals surface area (Å²) < 4.78 is 13.3. The van der Waals surface area contributed by atoms with Gasteiger partial charge < -0.3 is 36.7 Å². The van der Waals surface area contributed by atoms with Crippen LogP contribution in [0.25, 0.3) is 0 Å². The molecule has 0 amide bonds. The van der Waals surface area contributed by atoms with Gasteiger partial charge in [0.1, 0.15) is 12.6 Å². The van der Waals surface area contributed by atoms with Crippen molar-refractivity contribution in [2.75, 3.05) is 53.6 Å². The third-order valence-corrected chi connectivity index (χ3v) is 6.46. The quantitative estimate of drug-likeness (QED) is 0.134. The van der Waals surface area contributed by atoms with Crippen molar-refractivity contribution in [1.29, 1.82) is 0 Å². The maximum Gasteiger partial charge on any atom is 0.130 e. The van der Waals surface area contributed by atoms with Gasteiger partial charge in [-0.05, 0) is 19.4 Å². The molecule has 0 saturated heterocycles. The van der Waals surface area contributed by atoms with E-state index in [0.29, 0.717) is 0 Å². The van der Waals surface area contributed by atoms with Crippen molar-refractivity contribution >= 4 is 0 Å². The monoisotopic (exact) mass is 536 g/mol. The first kappa shape index (κ1) is 35.5. The summed E-state index contributed by atoms with van der Waals surface area (Å²) in [6.45, 7) is 9.92. The van der Waals surface area contributed by atoms with Crippen LogP contribution in [0.15, 0.2) is 0 Å². The molecule has 0 rings (SSSR count). The van der Waals surface area contributed by atoms with Gasteiger partial charge in [-0.2, -0.15) is 0 Å². The third-order valence-electron chi connectivity index (χ3n) is 6.46. The summed E-state index contributed by atoms with van der Waals surface area (Å²) in [6.07, 6.45) is 22.8. The highest BCUT2D eigenvalue weighted by Gasteiger charge is 2.22. The van der Waals surface area contributed by atoms with Crippen LogP contribution in [0.5, 0.6) is 0 Å². The lowest BCUT2D eigenvalue weighted by Gasteiger charge is -2.33. The van der Waals surface area contributed by atoms with Gasteiger partial charge in [-0.1, -0.05) is 104 Å². The summed E-state index contributed by atoms with van der Waals surface area (Å²) in [5.41, 5.74) is 5.74. The number of nitrogens with zero attached hydrogens (tertiary/aromatic N) is 1. The van der Waals surface area contributed by atoms with Gasteiger partial charge in [0.15, 0.2) is 0 Å². The smallest absolute Gasteiger partial charge is 0.130 e. The molecule has 1 atom stereocenters. The second kappa shape index (κ2) is 26.9. The van der Waals surface area contributed by atoms with E-state index in [9.17, 15) is 0 Å². The SMILES string of the molecule is CCCCCCCCCCOCC(C[N+](C)(C)CCCN)OCCCCCCCCCC.[Br-]. The zero-order chi connectivity index (χ0) is 23.8. The van der Waals surface area contributed by atoms with Crippen LogP contribution >= 0.6 is 0 Å². The normalized spacial score (nSPS) is 12.6. The molecule has 0 aliphatic heterocycles. The van der Waals surface area contributed by atoms with Crippen LogP contribution in [0.1, 0.15) is 123 Å². The van der Waals surface area contributed by atoms with Crippen LogP contribution in [0.4, 0.5) is 0 Å². The van der Waals surface area contributed by atoms with E-state index in [1.807, 2.05) is 0 Å². The summed E-state index contributed by atoms with van der Waals surface area (Å²) in [7, 11) is 4.59. The summed E-state index contributed by atoms with van der Waals surface area (Å²) in [4.78, 5) is 0. The Bertz CT molecular complexity index is 370. The molecular formula is C28H61BrN2O2. The molecule has 0 aliphatic carbocycles. The molecule has 1 unspecified atom stereocenters. The molecule has 0 aromatic carbocycles. The van der Waals surface area contributed by atoms with Gasteiger partial charge in [0.25, 0.3) is 0 Å². The van der Waals surface area contributed by atoms with Gasteiger partial charge in [0.2, 0.25) is 0 Å². The highest BCUT2D eigenvalue weighted by molar-refractivity contribution is 4.58. The fraction of sp³-hybridized carbons (Fsp3) is 1.00. The van der Waals surface area contributed by atoms with Gasteiger partial charge >= 0.3 is 0 Å². The first-order chi connectivity index (χ1) is 15.6. The van der Waals surface area contributed by atoms with Crippen molar-refractivity contribution in [2.45, 2.75) is 129 Å². The van der Waals surface area contributed by atoms with Crippen LogP contribution < -0.4 is 22.7 Å². The largest absolute Gasteiger partial charge is 1.00 e. The van der Waals surface area contributed by atoms with Gasteiger partial charge in [-0.15, -0.1) is 0 Å². The zero-order valence-corrected chi connectivity index (χ0v) is 24.6. The number of ether oxygens (including phenoxy) is 2. The molecule has 0 aromatic rings. The van der Waals surface area contributed by atoms with Gasteiger partial charge in [0, 0.05) is 19.6 Å². The highest BCUT2D eigenvalue weighted by atomic mass is 79.9. The molecule has 0 fully saturated rings. The number of hydrogen-bond donors (Lipinski definition) is 1. The van der Waals surface area contributed by atoms with E-state index in [1.165, 1.54) is 103 Å². The first-order valence-corrected chi connectivity index (χ1v) is 14.3. The minimum absolute atomic E-state index is 0. The fourth-order valence-corrected chi connectivity index (χ4v) is 4.35. The third kappa shape index (κ3) is 26.8. The molecule has 202 valence electrons. The highest BCUT2D eigenvalue weighted by Crippen LogP contribution is 2.11. The van der Waals surface area contributed by atoms with Crippen molar-refractivity contribution in [3.63, 3.8) is 0 Å². The molecule has 0 radical (unpaired) electrons. The van der Waals surface area contributed by atoms with E-state index in [-0.39, 0.29) is 23.1 Å². The Labute approximate surface area is 219 Å². The predicted octanol–water partition coefficient (Wildman–Crippen LogP) is 4.10. The molecule has 0 aromatic heterocycles. The second-order valence-corrected chi connectivity index (χ2v) is 10.5. The Balaban J connectivity index is 0. The molecule has 2 N–H and O–H groups in total. The van der Waals surface area contributed by atoms with Gasteiger partial charge in [-0.3, -0.25) is 0 Å². The Morgan fingerprint density at radius 3 is 1.58 bits per heavy atom. The van der Waals surface area contributed by atoms with E-state index < -0.39 is 0 Å². The number of hydrogen-bond acceptors (Lipinski definition) is 3. The minimum Gasteiger partial charge on any atom is -1.00 e. The summed E-state index contributed by atoms with van der Waals surface area (Å²) in [5, 5.41) is 0. The number of quaternary nitrogens is 1. The number of rotatable bonds is 26. The minimum atomic E-state index is 0. The fourth-order valence-electron chi connectivity index (χ4n) is 4.35. The van der Waals surface area contributed by atoms with Crippen LogP contribution in [-0.4, -0.2) is 64.1 Å². The molecule has 0 bridgehead atoms. The van der Waals surface area contributed by atoms with Crippen molar-refractivity contribution in [1.82, 2.24) is 0 Å². The average Bonchev–Trinajstić information content (AvgIpc) is 2.77. The van der Waals surface area contributed by atoms with E-state index in [2.05, 4.69) is 27.9 Å². The zero-order valence-electron chi connectivity index (χ0n) is 23.1. The summed E-state index contributed by atoms with van der Waals surface area (Å²) in [5.74, 6) is 0. The van der Waals surface area contributed by atoms with Crippen LogP contribution in [-0.2, 0) is 9.47 Å². The molecule has 0 heterocycles. The van der Waals surface area contributed by atoms with Crippen LogP contribution in [0.3, 0.4) is 0 Å². The molecule has 33 heavy (non-hydrogen) atoms. The Morgan fingerprint density at radius 2 is 1.09 bits per heavy atom. The molecule has 4 nitrogen and oxygen atoms in total. The molecule has 0 spiro atoms.